The van der Waals surface area contributed by atoms with Crippen LogP contribution in [0.2, 0.25) is 0 Å². The molecule has 0 bridgehead atoms. The summed E-state index contributed by atoms with van der Waals surface area (Å²) < 4.78 is 5.00. The Morgan fingerprint density at radius 2 is 1.88 bits per heavy atom. The molecule has 0 amide bonds. The van der Waals surface area contributed by atoms with E-state index in [9.17, 15) is 9.90 Å². The molecule has 1 aliphatic rings. The van der Waals surface area contributed by atoms with Gasteiger partial charge in [-0.25, -0.2) is 4.79 Å². The molecule has 0 fully saturated rings. The highest BCUT2D eigenvalue weighted by Crippen LogP contribution is 2.29. The fraction of sp³-hybridized carbons (Fsp3) is 0.550. The predicted molar refractivity (Wildman–Crippen MR) is 111 cm³/mol. The molecule has 0 aliphatic heterocycles. The number of aromatic nitrogens is 1. The molecule has 1 aliphatic carbocycles. The minimum Gasteiger partial charge on any atom is -0.477 e. The first-order valence-electron chi connectivity index (χ1n) is 9.11. The van der Waals surface area contributed by atoms with Crippen molar-refractivity contribution in [1.29, 1.82) is 0 Å². The van der Waals surface area contributed by atoms with Gasteiger partial charge in [-0.3, -0.25) is 0 Å². The number of aromatic carboxylic acids is 1. The van der Waals surface area contributed by atoms with E-state index >= 15 is 0 Å². The van der Waals surface area contributed by atoms with Gasteiger partial charge in [0.25, 0.3) is 0 Å². The van der Waals surface area contributed by atoms with E-state index in [0.29, 0.717) is 10.9 Å². The van der Waals surface area contributed by atoms with E-state index in [0.717, 1.165) is 24.0 Å². The number of rotatable bonds is 5. The summed E-state index contributed by atoms with van der Waals surface area (Å²) in [6.45, 7) is 12.5. The van der Waals surface area contributed by atoms with Crippen molar-refractivity contribution in [3.05, 3.63) is 41.4 Å². The van der Waals surface area contributed by atoms with E-state index in [1.807, 2.05) is 32.1 Å². The van der Waals surface area contributed by atoms with Crippen molar-refractivity contribution in [2.24, 2.45) is 7.05 Å². The van der Waals surface area contributed by atoms with Crippen molar-refractivity contribution in [2.75, 3.05) is 0 Å². The lowest BCUT2D eigenvalue weighted by molar-refractivity contribution is 0.0686. The molecule has 1 heterocycles. The summed E-state index contributed by atoms with van der Waals surface area (Å²) in [5.41, 5.74) is 3.47. The number of carbonyl (C=O) groups is 1. The van der Waals surface area contributed by atoms with Crippen LogP contribution in [-0.2, 0) is 7.05 Å². The number of carboxylic acid groups (broad SMARTS) is 1. The molecule has 1 aromatic rings. The molecule has 0 atom stereocenters. The second-order valence-electron chi connectivity index (χ2n) is 5.85. The lowest BCUT2D eigenvalue weighted by atomic mass is 9.96. The number of nitrogens with zero attached hydrogens (tertiary/aromatic N) is 1. The molecule has 2 rings (SSSR count). The molecule has 0 radical (unpaired) electrons. The molecule has 4 nitrogen and oxygen atoms in total. The summed E-state index contributed by atoms with van der Waals surface area (Å²) in [5, 5.41) is 9.82. The monoisotopic (exact) mass is 366 g/mol. The SMILES string of the molecule is CC.CC(C)SNC1=CC=C(c2ccn(C)c2C(=O)O)CC1.CCC. The van der Waals surface area contributed by atoms with Crippen molar-refractivity contribution >= 4 is 23.5 Å². The first-order chi connectivity index (χ1) is 11.9. The van der Waals surface area contributed by atoms with Gasteiger partial charge in [0.05, 0.1) is 0 Å². The number of carboxylic acids is 1. The Morgan fingerprint density at radius 3 is 2.32 bits per heavy atom. The van der Waals surface area contributed by atoms with Crippen LogP contribution in [0.3, 0.4) is 0 Å². The first-order valence-corrected chi connectivity index (χ1v) is 9.98. The lowest BCUT2D eigenvalue weighted by Gasteiger charge is -2.17. The quantitative estimate of drug-likeness (QED) is 0.640. The summed E-state index contributed by atoms with van der Waals surface area (Å²) in [7, 11) is 1.76. The molecule has 0 saturated heterocycles. The van der Waals surface area contributed by atoms with E-state index in [2.05, 4.69) is 32.4 Å². The predicted octanol–water partition coefficient (Wildman–Crippen LogP) is 5.87. The molecular formula is C20H34N2O2S. The molecule has 0 spiro atoms. The van der Waals surface area contributed by atoms with Gasteiger partial charge in [0.1, 0.15) is 5.69 Å². The van der Waals surface area contributed by atoms with Crippen LogP contribution in [0.15, 0.2) is 30.1 Å². The number of allylic oxidation sites excluding steroid dienone is 4. The number of aryl methyl sites for hydroxylation is 1. The standard InChI is InChI=1S/C15H20N2O2S.C3H8.C2H6/c1-10(2)20-16-12-6-4-11(5-7-12)13-8-9-17(3)14(13)15(18)19;1-3-2;1-2/h4,6,8-10,16H,5,7H2,1-3H3,(H,18,19);3H2,1-2H3;1-2H3. The van der Waals surface area contributed by atoms with Gasteiger partial charge in [-0.15, -0.1) is 0 Å². The van der Waals surface area contributed by atoms with Gasteiger partial charge in [0.2, 0.25) is 0 Å². The van der Waals surface area contributed by atoms with Gasteiger partial charge >= 0.3 is 5.97 Å². The average Bonchev–Trinajstić information content (AvgIpc) is 2.98. The van der Waals surface area contributed by atoms with Crippen molar-refractivity contribution in [3.8, 4) is 0 Å². The zero-order chi connectivity index (χ0) is 19.4. The second-order valence-corrected chi connectivity index (χ2v) is 7.24. The minimum atomic E-state index is -0.878. The third-order valence-corrected chi connectivity index (χ3v) is 4.05. The largest absolute Gasteiger partial charge is 0.477 e. The zero-order valence-corrected chi connectivity index (χ0v) is 17.5. The third kappa shape index (κ3) is 7.86. The molecule has 0 unspecified atom stereocenters. The van der Waals surface area contributed by atoms with Crippen LogP contribution >= 0.6 is 11.9 Å². The van der Waals surface area contributed by atoms with Gasteiger partial charge in [0.15, 0.2) is 0 Å². The third-order valence-electron chi connectivity index (χ3n) is 3.20. The molecule has 2 N–H and O–H groups in total. The highest BCUT2D eigenvalue weighted by atomic mass is 32.2. The maximum Gasteiger partial charge on any atom is 0.353 e. The highest BCUT2D eigenvalue weighted by molar-refractivity contribution is 7.98. The summed E-state index contributed by atoms with van der Waals surface area (Å²) >= 11 is 1.70. The number of hydrogen-bond donors (Lipinski definition) is 2. The first kappa shape index (κ1) is 23.4. The molecule has 1 aromatic heterocycles. The summed E-state index contributed by atoms with van der Waals surface area (Å²) in [5.74, 6) is -0.878. The van der Waals surface area contributed by atoms with Gasteiger partial charge in [0, 0.05) is 29.8 Å². The van der Waals surface area contributed by atoms with E-state index in [1.165, 1.54) is 12.1 Å². The van der Waals surface area contributed by atoms with Crippen LogP contribution in [0.1, 0.15) is 76.9 Å². The van der Waals surface area contributed by atoms with E-state index in [4.69, 9.17) is 0 Å². The molecule has 0 aromatic carbocycles. The van der Waals surface area contributed by atoms with Crippen LogP contribution in [0, 0.1) is 0 Å². The second kappa shape index (κ2) is 12.7. The Morgan fingerprint density at radius 1 is 1.28 bits per heavy atom. The van der Waals surface area contributed by atoms with Crippen LogP contribution in [0.5, 0.6) is 0 Å². The van der Waals surface area contributed by atoms with Gasteiger partial charge in [-0.1, -0.05) is 66.0 Å². The topological polar surface area (TPSA) is 54.3 Å². The number of nitrogens with one attached hydrogen (secondary N) is 1. The average molecular weight is 367 g/mol. The molecule has 5 heteroatoms. The maximum absolute atomic E-state index is 11.3. The fourth-order valence-corrected chi connectivity index (χ4v) is 2.75. The Kier molecular flexibility index (Phi) is 11.9. The van der Waals surface area contributed by atoms with E-state index in [-0.39, 0.29) is 0 Å². The summed E-state index contributed by atoms with van der Waals surface area (Å²) in [6, 6.07) is 1.88. The van der Waals surface area contributed by atoms with Gasteiger partial charge < -0.3 is 14.4 Å². The lowest BCUT2D eigenvalue weighted by Crippen LogP contribution is -2.11. The Labute approximate surface area is 157 Å². The normalized spacial score (nSPS) is 13.0. The Balaban J connectivity index is 0.00000104. The van der Waals surface area contributed by atoms with Crippen LogP contribution in [-0.4, -0.2) is 20.9 Å². The van der Waals surface area contributed by atoms with Crippen molar-refractivity contribution in [2.45, 2.75) is 66.1 Å². The maximum atomic E-state index is 11.3. The van der Waals surface area contributed by atoms with Gasteiger partial charge in [-0.05, 0) is 30.6 Å². The van der Waals surface area contributed by atoms with Crippen molar-refractivity contribution in [3.63, 3.8) is 0 Å². The Hall–Kier alpha value is -1.62. The van der Waals surface area contributed by atoms with Crippen molar-refractivity contribution in [1.82, 2.24) is 9.29 Å². The molecular weight excluding hydrogens is 332 g/mol. The number of hydrogen-bond acceptors (Lipinski definition) is 3. The van der Waals surface area contributed by atoms with Crippen molar-refractivity contribution < 1.29 is 9.90 Å². The smallest absolute Gasteiger partial charge is 0.353 e. The van der Waals surface area contributed by atoms with Gasteiger partial charge in [-0.2, -0.15) is 0 Å². The zero-order valence-electron chi connectivity index (χ0n) is 16.7. The highest BCUT2D eigenvalue weighted by Gasteiger charge is 2.18. The summed E-state index contributed by atoms with van der Waals surface area (Å²) in [4.78, 5) is 11.3. The minimum absolute atomic E-state index is 0.359. The van der Waals surface area contributed by atoms with E-state index < -0.39 is 5.97 Å². The fourth-order valence-electron chi connectivity index (χ4n) is 2.20. The molecule has 142 valence electrons. The van der Waals surface area contributed by atoms with Crippen LogP contribution < -0.4 is 4.72 Å². The van der Waals surface area contributed by atoms with E-state index in [1.54, 1.807) is 29.8 Å². The van der Waals surface area contributed by atoms with Crippen LogP contribution in [0.25, 0.3) is 5.57 Å². The molecule has 25 heavy (non-hydrogen) atoms. The summed E-state index contributed by atoms with van der Waals surface area (Å²) in [6.07, 6.45) is 8.90. The van der Waals surface area contributed by atoms with Crippen LogP contribution in [0.4, 0.5) is 0 Å². The molecule has 0 saturated carbocycles. The Bertz CT molecular complexity index is 587.